The van der Waals surface area contributed by atoms with Crippen LogP contribution in [0.25, 0.3) is 0 Å². The summed E-state index contributed by atoms with van der Waals surface area (Å²) in [5.41, 5.74) is -0.175. The van der Waals surface area contributed by atoms with Crippen molar-refractivity contribution in [2.75, 3.05) is 13.6 Å². The van der Waals surface area contributed by atoms with Crippen molar-refractivity contribution in [3.05, 3.63) is 51.5 Å². The van der Waals surface area contributed by atoms with Crippen LogP contribution in [0.3, 0.4) is 0 Å². The molecule has 1 aromatic heterocycles. The summed E-state index contributed by atoms with van der Waals surface area (Å²) < 4.78 is 27.4. The minimum atomic E-state index is -0.936. The zero-order chi connectivity index (χ0) is 25.8. The fourth-order valence-electron chi connectivity index (χ4n) is 5.08. The Morgan fingerprint density at radius 1 is 1.11 bits per heavy atom. The molecule has 2 fully saturated rings. The fourth-order valence-corrected chi connectivity index (χ4v) is 6.03. The van der Waals surface area contributed by atoms with E-state index in [2.05, 4.69) is 15.6 Å². The predicted molar refractivity (Wildman–Crippen MR) is 133 cm³/mol. The molecule has 7 nitrogen and oxygen atoms in total. The van der Waals surface area contributed by atoms with Crippen molar-refractivity contribution in [1.82, 2.24) is 20.5 Å². The van der Waals surface area contributed by atoms with Crippen LogP contribution in [0.1, 0.15) is 79.0 Å². The first-order valence-electron chi connectivity index (χ1n) is 12.5. The lowest BCUT2D eigenvalue weighted by Crippen LogP contribution is -2.55. The van der Waals surface area contributed by atoms with Gasteiger partial charge in [0.25, 0.3) is 0 Å². The molecule has 1 saturated carbocycles. The van der Waals surface area contributed by atoms with Gasteiger partial charge in [0.2, 0.25) is 17.6 Å². The first-order chi connectivity index (χ1) is 17.3. The summed E-state index contributed by atoms with van der Waals surface area (Å²) in [6, 6.07) is 1.48. The number of likely N-dealkylation sites (N-methyl/N-ethyl adjacent to an activating group) is 1. The Bertz CT molecular complexity index is 1120. The van der Waals surface area contributed by atoms with Crippen LogP contribution in [0.2, 0.25) is 0 Å². The van der Waals surface area contributed by atoms with Crippen molar-refractivity contribution in [3.63, 3.8) is 0 Å². The van der Waals surface area contributed by atoms with E-state index in [-0.39, 0.29) is 35.0 Å². The van der Waals surface area contributed by atoms with Gasteiger partial charge in [0.1, 0.15) is 28.4 Å². The number of hydrogen-bond acceptors (Lipinski definition) is 6. The first-order valence-corrected chi connectivity index (χ1v) is 13.4. The molecule has 0 radical (unpaired) electrons. The molecule has 2 amide bonds. The molecule has 2 heterocycles. The van der Waals surface area contributed by atoms with Gasteiger partial charge in [-0.2, -0.15) is 0 Å². The van der Waals surface area contributed by atoms with Crippen molar-refractivity contribution < 1.29 is 23.2 Å². The van der Waals surface area contributed by atoms with Crippen LogP contribution < -0.4 is 10.6 Å². The number of amides is 2. The number of hydrogen-bond donors (Lipinski definition) is 2. The van der Waals surface area contributed by atoms with E-state index in [1.807, 2.05) is 0 Å². The van der Waals surface area contributed by atoms with Gasteiger partial charge in [0, 0.05) is 18.0 Å². The van der Waals surface area contributed by atoms with Crippen LogP contribution in [-0.2, 0) is 9.59 Å². The molecule has 36 heavy (non-hydrogen) atoms. The van der Waals surface area contributed by atoms with E-state index in [0.29, 0.717) is 24.0 Å². The fraction of sp³-hybridized carbons (Fsp3) is 0.538. The number of ketones is 1. The summed E-state index contributed by atoms with van der Waals surface area (Å²) in [6.45, 7) is 2.30. The summed E-state index contributed by atoms with van der Waals surface area (Å²) in [5, 5.41) is 8.08. The molecule has 0 bridgehead atoms. The Morgan fingerprint density at radius 3 is 2.56 bits per heavy atom. The van der Waals surface area contributed by atoms with Crippen LogP contribution in [-0.4, -0.2) is 53.2 Å². The molecule has 2 N–H and O–H groups in total. The molecule has 1 aliphatic carbocycles. The van der Waals surface area contributed by atoms with Crippen molar-refractivity contribution in [1.29, 1.82) is 0 Å². The maximum atomic E-state index is 14.1. The van der Waals surface area contributed by atoms with Crippen molar-refractivity contribution in [3.8, 4) is 0 Å². The molecular formula is C26H32F2N4O3S. The van der Waals surface area contributed by atoms with Gasteiger partial charge in [-0.3, -0.25) is 14.4 Å². The van der Waals surface area contributed by atoms with E-state index < -0.39 is 29.5 Å². The van der Waals surface area contributed by atoms with Crippen LogP contribution in [0.5, 0.6) is 0 Å². The molecule has 2 aliphatic rings. The van der Waals surface area contributed by atoms with E-state index in [0.717, 1.165) is 50.7 Å². The van der Waals surface area contributed by atoms with Crippen LogP contribution in [0, 0.1) is 17.6 Å². The highest BCUT2D eigenvalue weighted by atomic mass is 32.1. The number of benzene rings is 1. The minimum Gasteiger partial charge on any atom is -0.343 e. The minimum absolute atomic E-state index is 0.0692. The van der Waals surface area contributed by atoms with Crippen LogP contribution in [0.4, 0.5) is 8.78 Å². The summed E-state index contributed by atoms with van der Waals surface area (Å²) in [4.78, 5) is 45.6. The number of halogens is 2. The molecule has 1 aliphatic heterocycles. The molecule has 0 unspecified atom stereocenters. The summed E-state index contributed by atoms with van der Waals surface area (Å²) in [7, 11) is 1.71. The number of nitrogens with zero attached hydrogens (tertiary/aromatic N) is 2. The number of thiazole rings is 1. The molecule has 0 spiro atoms. The SMILES string of the molecule is CN[C@@H](C)C(=O)N[C@H](C(=O)N1CCC[C@H]1c1nc(C(=O)c2ccc(F)cc2F)cs1)C1CCCCC1. The van der Waals surface area contributed by atoms with E-state index in [1.165, 1.54) is 11.3 Å². The molecule has 1 saturated heterocycles. The van der Waals surface area contributed by atoms with Gasteiger partial charge in [0.05, 0.1) is 17.6 Å². The second-order valence-electron chi connectivity index (χ2n) is 9.61. The maximum Gasteiger partial charge on any atom is 0.246 e. The average Bonchev–Trinajstić information content (AvgIpc) is 3.56. The van der Waals surface area contributed by atoms with Crippen LogP contribution in [0.15, 0.2) is 23.6 Å². The smallest absolute Gasteiger partial charge is 0.246 e. The normalized spacial score (nSPS) is 20.2. The van der Waals surface area contributed by atoms with Gasteiger partial charge in [-0.25, -0.2) is 13.8 Å². The number of nitrogens with one attached hydrogen (secondary N) is 2. The number of aromatic nitrogens is 1. The van der Waals surface area contributed by atoms with E-state index in [1.54, 1.807) is 24.3 Å². The van der Waals surface area contributed by atoms with Gasteiger partial charge >= 0.3 is 0 Å². The lowest BCUT2D eigenvalue weighted by atomic mass is 9.83. The van der Waals surface area contributed by atoms with E-state index in [9.17, 15) is 23.2 Å². The third-order valence-electron chi connectivity index (χ3n) is 7.26. The second-order valence-corrected chi connectivity index (χ2v) is 10.5. The largest absolute Gasteiger partial charge is 0.343 e. The molecule has 10 heteroatoms. The Balaban J connectivity index is 1.54. The summed E-state index contributed by atoms with van der Waals surface area (Å²) in [5.74, 6) is -2.56. The highest BCUT2D eigenvalue weighted by molar-refractivity contribution is 7.10. The van der Waals surface area contributed by atoms with Gasteiger partial charge < -0.3 is 15.5 Å². The average molecular weight is 519 g/mol. The Labute approximate surface area is 213 Å². The van der Waals surface area contributed by atoms with Crippen LogP contribution >= 0.6 is 11.3 Å². The number of carbonyl (C=O) groups excluding carboxylic acids is 3. The third-order valence-corrected chi connectivity index (χ3v) is 8.21. The summed E-state index contributed by atoms with van der Waals surface area (Å²) in [6.07, 6.45) is 6.46. The second kappa shape index (κ2) is 11.6. The zero-order valence-electron chi connectivity index (χ0n) is 20.6. The van der Waals surface area contributed by atoms with Crippen molar-refractivity contribution >= 4 is 28.9 Å². The monoisotopic (exact) mass is 518 g/mol. The lowest BCUT2D eigenvalue weighted by Gasteiger charge is -2.35. The predicted octanol–water partition coefficient (Wildman–Crippen LogP) is 3.99. The van der Waals surface area contributed by atoms with Gasteiger partial charge in [-0.05, 0) is 57.7 Å². The topological polar surface area (TPSA) is 91.4 Å². The molecule has 1 aromatic carbocycles. The van der Waals surface area contributed by atoms with Gasteiger partial charge in [0.15, 0.2) is 0 Å². The first kappa shape index (κ1) is 26.3. The molecule has 3 atom stereocenters. The molecule has 2 aromatic rings. The van der Waals surface area contributed by atoms with E-state index in [4.69, 9.17) is 0 Å². The molecule has 4 rings (SSSR count). The Kier molecular flexibility index (Phi) is 8.46. The standard InChI is InChI=1S/C26H32F2N4O3S/c1-15(29-2)24(34)31-22(16-7-4-3-5-8-16)26(35)32-12-6-9-21(32)25-30-20(14-36-25)23(33)18-11-10-17(27)13-19(18)28/h10-11,13-16,21-22,29H,3-9,12H2,1-2H3,(H,31,34)/t15-,21-,22-/m0/s1. The lowest BCUT2D eigenvalue weighted by molar-refractivity contribution is -0.139. The van der Waals surface area contributed by atoms with Gasteiger partial charge in [-0.1, -0.05) is 19.3 Å². The Hall–Kier alpha value is -2.72. The molecular weight excluding hydrogens is 486 g/mol. The number of likely N-dealkylation sites (tertiary alicyclic amines) is 1. The maximum absolute atomic E-state index is 14.1. The Morgan fingerprint density at radius 2 is 1.86 bits per heavy atom. The third kappa shape index (κ3) is 5.64. The van der Waals surface area contributed by atoms with Crippen molar-refractivity contribution in [2.45, 2.75) is 70.0 Å². The molecule has 194 valence electrons. The highest BCUT2D eigenvalue weighted by Crippen LogP contribution is 2.36. The highest BCUT2D eigenvalue weighted by Gasteiger charge is 2.40. The number of rotatable bonds is 8. The van der Waals surface area contributed by atoms with Crippen molar-refractivity contribution in [2.24, 2.45) is 5.92 Å². The number of carbonyl (C=O) groups is 3. The quantitative estimate of drug-likeness (QED) is 0.516. The summed E-state index contributed by atoms with van der Waals surface area (Å²) >= 11 is 1.25. The van der Waals surface area contributed by atoms with E-state index >= 15 is 0 Å². The van der Waals surface area contributed by atoms with Gasteiger partial charge in [-0.15, -0.1) is 11.3 Å². The zero-order valence-corrected chi connectivity index (χ0v) is 21.4.